The molecule has 0 spiro atoms. The smallest absolute Gasteiger partial charge is 0.412 e. The van der Waals surface area contributed by atoms with E-state index in [1.807, 2.05) is 0 Å². The van der Waals surface area contributed by atoms with Crippen LogP contribution in [0.4, 0.5) is 10.5 Å². The summed E-state index contributed by atoms with van der Waals surface area (Å²) < 4.78 is 5.25. The molecule has 1 aromatic carbocycles. The largest absolute Gasteiger partial charge is 0.444 e. The zero-order valence-corrected chi connectivity index (χ0v) is 14.9. The van der Waals surface area contributed by atoms with Gasteiger partial charge in [0.2, 0.25) is 11.8 Å². The zero-order chi connectivity index (χ0) is 19.1. The third-order valence-corrected chi connectivity index (χ3v) is 4.22. The summed E-state index contributed by atoms with van der Waals surface area (Å²) in [6, 6.07) is 4.31. The van der Waals surface area contributed by atoms with Crippen LogP contribution in [0.15, 0.2) is 18.2 Å². The van der Waals surface area contributed by atoms with E-state index in [0.717, 1.165) is 0 Å². The second-order valence-corrected chi connectivity index (χ2v) is 7.36. The first kappa shape index (κ1) is 17.9. The molecule has 2 heterocycles. The highest BCUT2D eigenvalue weighted by atomic mass is 16.6. The van der Waals surface area contributed by atoms with Crippen LogP contribution in [0.3, 0.4) is 0 Å². The lowest BCUT2D eigenvalue weighted by atomic mass is 10.0. The molecule has 1 fully saturated rings. The van der Waals surface area contributed by atoms with Crippen molar-refractivity contribution in [3.05, 3.63) is 29.3 Å². The van der Waals surface area contributed by atoms with Gasteiger partial charge in [0.05, 0.1) is 0 Å². The van der Waals surface area contributed by atoms with Crippen molar-refractivity contribution in [2.75, 3.05) is 5.32 Å². The van der Waals surface area contributed by atoms with Crippen LogP contribution in [-0.2, 0) is 20.9 Å². The zero-order valence-electron chi connectivity index (χ0n) is 14.9. The topological polar surface area (TPSA) is 105 Å². The number of nitrogens with zero attached hydrogens (tertiary/aromatic N) is 1. The van der Waals surface area contributed by atoms with Crippen LogP contribution < -0.4 is 10.6 Å². The van der Waals surface area contributed by atoms with Crippen molar-refractivity contribution in [2.45, 2.75) is 51.8 Å². The molecule has 0 unspecified atom stereocenters. The molecule has 2 aliphatic rings. The number of hydrogen-bond donors (Lipinski definition) is 2. The Balaban J connectivity index is 1.80. The summed E-state index contributed by atoms with van der Waals surface area (Å²) in [5.74, 6) is -1.09. The summed E-state index contributed by atoms with van der Waals surface area (Å²) >= 11 is 0. The molecule has 0 aromatic heterocycles. The van der Waals surface area contributed by atoms with E-state index in [1.165, 1.54) is 4.90 Å². The lowest BCUT2D eigenvalue weighted by Crippen LogP contribution is -2.52. The molecule has 0 saturated carbocycles. The summed E-state index contributed by atoms with van der Waals surface area (Å²) in [4.78, 5) is 49.6. The van der Waals surface area contributed by atoms with E-state index >= 15 is 0 Å². The Morgan fingerprint density at radius 2 is 2.00 bits per heavy atom. The third kappa shape index (κ3) is 3.54. The van der Waals surface area contributed by atoms with E-state index in [2.05, 4.69) is 10.6 Å². The fraction of sp³-hybridized carbons (Fsp3) is 0.444. The maximum absolute atomic E-state index is 12.7. The molecule has 138 valence electrons. The van der Waals surface area contributed by atoms with Gasteiger partial charge in [-0.3, -0.25) is 25.0 Å². The van der Waals surface area contributed by atoms with Gasteiger partial charge in [0.25, 0.3) is 5.91 Å². The van der Waals surface area contributed by atoms with E-state index in [0.29, 0.717) is 23.2 Å². The fourth-order valence-corrected chi connectivity index (χ4v) is 3.12. The van der Waals surface area contributed by atoms with Crippen LogP contribution in [-0.4, -0.2) is 40.4 Å². The highest BCUT2D eigenvalue weighted by Crippen LogP contribution is 2.32. The number of fused-ring (bicyclic) bond motifs is 1. The average molecular weight is 359 g/mol. The maximum atomic E-state index is 12.7. The summed E-state index contributed by atoms with van der Waals surface area (Å²) in [6.45, 7) is 5.47. The number of anilines is 1. The Morgan fingerprint density at radius 3 is 2.65 bits per heavy atom. The molecule has 1 atom stereocenters. The highest BCUT2D eigenvalue weighted by Gasteiger charge is 2.40. The van der Waals surface area contributed by atoms with Crippen LogP contribution in [0.25, 0.3) is 0 Å². The molecule has 26 heavy (non-hydrogen) atoms. The van der Waals surface area contributed by atoms with E-state index in [4.69, 9.17) is 4.74 Å². The minimum atomic E-state index is -0.693. The van der Waals surface area contributed by atoms with Gasteiger partial charge in [0.15, 0.2) is 0 Å². The number of nitrogens with one attached hydrogen (secondary N) is 2. The predicted molar refractivity (Wildman–Crippen MR) is 92.3 cm³/mol. The SMILES string of the molecule is CC(C)(C)OC(=O)Nc1cccc2c1CN([C@@H]1CCC(=O)NC1=O)C2=O. The molecule has 3 rings (SSSR count). The standard InChI is InChI=1S/C18H21N3O5/c1-18(2,3)26-17(25)19-12-6-4-5-10-11(12)9-21(16(10)24)13-7-8-14(22)20-15(13)23/h4-6,13H,7-9H2,1-3H3,(H,19,25)(H,20,22,23)/t13-/m1/s1. The Hall–Kier alpha value is -2.90. The van der Waals surface area contributed by atoms with Crippen molar-refractivity contribution in [3.8, 4) is 0 Å². The minimum absolute atomic E-state index is 0.187. The summed E-state index contributed by atoms with van der Waals surface area (Å²) in [5.41, 5.74) is 0.896. The Morgan fingerprint density at radius 1 is 1.27 bits per heavy atom. The van der Waals surface area contributed by atoms with Crippen LogP contribution in [0.5, 0.6) is 0 Å². The molecule has 1 aromatic rings. The van der Waals surface area contributed by atoms with Crippen molar-refractivity contribution < 1.29 is 23.9 Å². The van der Waals surface area contributed by atoms with Gasteiger partial charge < -0.3 is 9.64 Å². The van der Waals surface area contributed by atoms with Gasteiger partial charge in [-0.1, -0.05) is 6.07 Å². The van der Waals surface area contributed by atoms with Crippen LogP contribution in [0, 0.1) is 0 Å². The number of imide groups is 1. The van der Waals surface area contributed by atoms with E-state index in [1.54, 1.807) is 39.0 Å². The second kappa shape index (κ2) is 6.44. The molecule has 0 radical (unpaired) electrons. The molecule has 0 bridgehead atoms. The van der Waals surface area contributed by atoms with Gasteiger partial charge in [-0.2, -0.15) is 0 Å². The average Bonchev–Trinajstić information content (AvgIpc) is 2.84. The Labute approximate surface area is 150 Å². The van der Waals surface area contributed by atoms with Gasteiger partial charge >= 0.3 is 6.09 Å². The van der Waals surface area contributed by atoms with Gasteiger partial charge in [0, 0.05) is 29.8 Å². The lowest BCUT2D eigenvalue weighted by molar-refractivity contribution is -0.136. The number of piperidine rings is 1. The number of benzene rings is 1. The number of carbonyl (C=O) groups is 4. The van der Waals surface area contributed by atoms with E-state index in [9.17, 15) is 19.2 Å². The van der Waals surface area contributed by atoms with Crippen molar-refractivity contribution in [1.29, 1.82) is 0 Å². The predicted octanol–water partition coefficient (Wildman–Crippen LogP) is 1.79. The Kier molecular flexibility index (Phi) is 4.43. The van der Waals surface area contributed by atoms with E-state index < -0.39 is 23.6 Å². The van der Waals surface area contributed by atoms with Crippen LogP contribution in [0.2, 0.25) is 0 Å². The normalized spacial score (nSPS) is 19.9. The molecule has 8 heteroatoms. The summed E-state index contributed by atoms with van der Waals surface area (Å²) in [5, 5.41) is 4.93. The van der Waals surface area contributed by atoms with Crippen molar-refractivity contribution in [3.63, 3.8) is 0 Å². The van der Waals surface area contributed by atoms with Crippen molar-refractivity contribution in [1.82, 2.24) is 10.2 Å². The first-order valence-electron chi connectivity index (χ1n) is 8.42. The highest BCUT2D eigenvalue weighted by molar-refractivity contribution is 6.06. The van der Waals surface area contributed by atoms with Gasteiger partial charge in [-0.15, -0.1) is 0 Å². The molecular weight excluding hydrogens is 338 g/mol. The minimum Gasteiger partial charge on any atom is -0.444 e. The molecule has 2 N–H and O–H groups in total. The third-order valence-electron chi connectivity index (χ3n) is 4.22. The van der Waals surface area contributed by atoms with Gasteiger partial charge in [-0.25, -0.2) is 4.79 Å². The summed E-state index contributed by atoms with van der Waals surface area (Å²) in [7, 11) is 0. The second-order valence-electron chi connectivity index (χ2n) is 7.36. The first-order valence-corrected chi connectivity index (χ1v) is 8.42. The fourth-order valence-electron chi connectivity index (χ4n) is 3.12. The maximum Gasteiger partial charge on any atom is 0.412 e. The van der Waals surface area contributed by atoms with Crippen LogP contribution in [0.1, 0.15) is 49.5 Å². The number of amides is 4. The first-order chi connectivity index (χ1) is 12.2. The number of carbonyl (C=O) groups excluding carboxylic acids is 4. The van der Waals surface area contributed by atoms with Gasteiger partial charge in [0.1, 0.15) is 11.6 Å². The molecule has 8 nitrogen and oxygen atoms in total. The molecular formula is C18H21N3O5. The molecule has 1 saturated heterocycles. The lowest BCUT2D eigenvalue weighted by Gasteiger charge is -2.29. The molecule has 2 aliphatic heterocycles. The van der Waals surface area contributed by atoms with Gasteiger partial charge in [-0.05, 0) is 39.3 Å². The monoisotopic (exact) mass is 359 g/mol. The summed E-state index contributed by atoms with van der Waals surface area (Å²) in [6.07, 6.45) is -0.128. The molecule has 4 amide bonds. The van der Waals surface area contributed by atoms with Crippen molar-refractivity contribution >= 4 is 29.5 Å². The quantitative estimate of drug-likeness (QED) is 0.784. The van der Waals surface area contributed by atoms with Crippen molar-refractivity contribution in [2.24, 2.45) is 0 Å². The van der Waals surface area contributed by atoms with Crippen LogP contribution >= 0.6 is 0 Å². The molecule has 0 aliphatic carbocycles. The van der Waals surface area contributed by atoms with E-state index in [-0.39, 0.29) is 24.8 Å². The Bertz CT molecular complexity index is 797. The number of hydrogen-bond acceptors (Lipinski definition) is 5. The number of ether oxygens (including phenoxy) is 1. The number of rotatable bonds is 2.